The van der Waals surface area contributed by atoms with Crippen LogP contribution < -0.4 is 26.1 Å². The average molecular weight is 452 g/mol. The Hall–Kier alpha value is -4.77. The molecule has 2 aromatic heterocycles. The van der Waals surface area contributed by atoms with Gasteiger partial charge in [0.05, 0.1) is 24.0 Å². The van der Waals surface area contributed by atoms with E-state index in [1.807, 2.05) is 30.3 Å². The summed E-state index contributed by atoms with van der Waals surface area (Å²) >= 11 is 0. The first kappa shape index (κ1) is 21.1. The molecule has 0 amide bonds. The third kappa shape index (κ3) is 3.31. The summed E-state index contributed by atoms with van der Waals surface area (Å²) in [5.74, 6) is 0.469. The normalized spacial score (nSPS) is 14.8. The van der Waals surface area contributed by atoms with E-state index >= 15 is 0 Å². The predicted molar refractivity (Wildman–Crippen MR) is 127 cm³/mol. The predicted octanol–water partition coefficient (Wildman–Crippen LogP) is 3.92. The van der Waals surface area contributed by atoms with E-state index in [1.165, 1.54) is 0 Å². The second-order valence-electron chi connectivity index (χ2n) is 7.73. The second-order valence-corrected chi connectivity index (χ2v) is 7.73. The van der Waals surface area contributed by atoms with Crippen molar-refractivity contribution in [2.24, 2.45) is 0 Å². The third-order valence-electron chi connectivity index (χ3n) is 5.82. The van der Waals surface area contributed by atoms with E-state index in [0.717, 1.165) is 11.1 Å². The van der Waals surface area contributed by atoms with Crippen LogP contribution in [-0.4, -0.2) is 19.1 Å². The zero-order valence-electron chi connectivity index (χ0n) is 18.5. The number of nitriles is 1. The van der Waals surface area contributed by atoms with Gasteiger partial charge in [0.25, 0.3) is 0 Å². The molecule has 1 aliphatic rings. The van der Waals surface area contributed by atoms with E-state index < -0.39 is 11.5 Å². The molecule has 1 aliphatic heterocycles. The summed E-state index contributed by atoms with van der Waals surface area (Å²) in [6.07, 6.45) is 3.41. The number of allylic oxidation sites excluding steroid dienone is 1. The lowest BCUT2D eigenvalue weighted by Gasteiger charge is -2.28. The molecule has 1 unspecified atom stereocenters. The van der Waals surface area contributed by atoms with Gasteiger partial charge in [0.1, 0.15) is 23.0 Å². The van der Waals surface area contributed by atoms with Crippen molar-refractivity contribution >= 4 is 16.7 Å². The highest BCUT2D eigenvalue weighted by Crippen LogP contribution is 2.45. The van der Waals surface area contributed by atoms with Crippen LogP contribution in [0.15, 0.2) is 81.6 Å². The van der Waals surface area contributed by atoms with Crippen LogP contribution in [0.5, 0.6) is 11.5 Å². The standard InChI is InChI=1S/C26H20N4O4/c1-29-25-19(12-27)22(14-5-7-20(32-2)17(10-14)15-4-3-9-30-13-15)23-24(34-25)18-11-16(28)6-8-21(18)33-26(23)31/h3-11,13,22,29H,28H2,1-2H3. The number of fused-ring (bicyclic) bond motifs is 3. The van der Waals surface area contributed by atoms with E-state index in [0.29, 0.717) is 33.7 Å². The van der Waals surface area contributed by atoms with Crippen molar-refractivity contribution in [2.75, 3.05) is 19.9 Å². The van der Waals surface area contributed by atoms with Gasteiger partial charge >= 0.3 is 5.63 Å². The van der Waals surface area contributed by atoms with Gasteiger partial charge in [-0.3, -0.25) is 4.98 Å². The Kier molecular flexibility index (Phi) is 5.15. The molecule has 4 aromatic rings. The molecule has 2 aromatic carbocycles. The molecule has 5 rings (SSSR count). The quantitative estimate of drug-likeness (QED) is 0.353. The molecule has 0 spiro atoms. The summed E-state index contributed by atoms with van der Waals surface area (Å²) in [5, 5.41) is 13.6. The lowest BCUT2D eigenvalue weighted by Crippen LogP contribution is -2.28. The Bertz CT molecular complexity index is 1550. The average Bonchev–Trinajstić information content (AvgIpc) is 2.88. The van der Waals surface area contributed by atoms with Gasteiger partial charge < -0.3 is 24.9 Å². The van der Waals surface area contributed by atoms with Crippen LogP contribution in [0.25, 0.3) is 22.1 Å². The fourth-order valence-electron chi connectivity index (χ4n) is 4.29. The number of anilines is 1. The molecule has 8 nitrogen and oxygen atoms in total. The molecule has 0 radical (unpaired) electrons. The van der Waals surface area contributed by atoms with Gasteiger partial charge in [0, 0.05) is 36.3 Å². The number of ether oxygens (including phenoxy) is 2. The van der Waals surface area contributed by atoms with Crippen molar-refractivity contribution in [3.8, 4) is 28.7 Å². The lowest BCUT2D eigenvalue weighted by atomic mass is 9.82. The molecule has 34 heavy (non-hydrogen) atoms. The Morgan fingerprint density at radius 3 is 2.76 bits per heavy atom. The monoisotopic (exact) mass is 452 g/mol. The van der Waals surface area contributed by atoms with Crippen LogP contribution in [0.1, 0.15) is 17.0 Å². The van der Waals surface area contributed by atoms with Gasteiger partial charge in [-0.25, -0.2) is 4.79 Å². The van der Waals surface area contributed by atoms with Crippen molar-refractivity contribution in [3.63, 3.8) is 0 Å². The molecule has 0 bridgehead atoms. The van der Waals surface area contributed by atoms with Crippen molar-refractivity contribution in [2.45, 2.75) is 5.92 Å². The molecule has 0 saturated heterocycles. The van der Waals surface area contributed by atoms with Crippen molar-refractivity contribution in [1.82, 2.24) is 10.3 Å². The summed E-state index contributed by atoms with van der Waals surface area (Å²) in [4.78, 5) is 17.4. The van der Waals surface area contributed by atoms with Crippen LogP contribution in [0.4, 0.5) is 5.69 Å². The Labute approximate surface area is 194 Å². The minimum atomic E-state index is -0.736. The highest BCUT2D eigenvalue weighted by molar-refractivity contribution is 5.88. The first-order valence-corrected chi connectivity index (χ1v) is 10.5. The van der Waals surface area contributed by atoms with E-state index in [9.17, 15) is 10.1 Å². The maximum atomic E-state index is 13.2. The third-order valence-corrected chi connectivity index (χ3v) is 5.82. The van der Waals surface area contributed by atoms with Crippen molar-refractivity contribution < 1.29 is 13.9 Å². The first-order chi connectivity index (χ1) is 16.5. The molecule has 0 saturated carbocycles. The van der Waals surface area contributed by atoms with Gasteiger partial charge in [-0.2, -0.15) is 5.26 Å². The zero-order chi connectivity index (χ0) is 23.8. The van der Waals surface area contributed by atoms with E-state index in [-0.39, 0.29) is 17.0 Å². The number of pyridine rings is 1. The molecule has 0 aliphatic carbocycles. The summed E-state index contributed by atoms with van der Waals surface area (Å²) in [5.41, 5.74) is 9.06. The van der Waals surface area contributed by atoms with E-state index in [4.69, 9.17) is 19.6 Å². The summed E-state index contributed by atoms with van der Waals surface area (Å²) in [7, 11) is 3.25. The van der Waals surface area contributed by atoms with Gasteiger partial charge in [0.15, 0.2) is 5.75 Å². The first-order valence-electron chi connectivity index (χ1n) is 10.5. The Morgan fingerprint density at radius 2 is 2.06 bits per heavy atom. The number of nitrogens with zero attached hydrogens (tertiary/aromatic N) is 2. The number of nitrogens with two attached hydrogens (primary N) is 1. The van der Waals surface area contributed by atoms with Crippen LogP contribution in [0.3, 0.4) is 0 Å². The van der Waals surface area contributed by atoms with Gasteiger partial charge in [-0.1, -0.05) is 12.1 Å². The minimum absolute atomic E-state index is 0.232. The van der Waals surface area contributed by atoms with E-state index in [1.54, 1.807) is 44.8 Å². The molecule has 3 N–H and O–H groups in total. The summed E-state index contributed by atoms with van der Waals surface area (Å²) < 4.78 is 17.2. The topological polar surface area (TPSA) is 123 Å². The molecular formula is C26H20N4O4. The van der Waals surface area contributed by atoms with Gasteiger partial charge in [-0.05, 0) is 42.0 Å². The lowest BCUT2D eigenvalue weighted by molar-refractivity contribution is 0.364. The minimum Gasteiger partial charge on any atom is -0.496 e. The molecule has 1 atom stereocenters. The maximum absolute atomic E-state index is 13.2. The number of hydrogen-bond acceptors (Lipinski definition) is 8. The van der Waals surface area contributed by atoms with Crippen LogP contribution in [0.2, 0.25) is 0 Å². The molecule has 168 valence electrons. The van der Waals surface area contributed by atoms with Crippen LogP contribution in [0, 0.1) is 11.3 Å². The molecular weight excluding hydrogens is 432 g/mol. The SMILES string of the molecule is CNC1=C(C#N)C(c2ccc(OC)c(-c3cccnc3)c2)c2c(c3cc(N)ccc3oc2=O)O1. The number of hydrogen-bond donors (Lipinski definition) is 2. The smallest absolute Gasteiger partial charge is 0.344 e. The van der Waals surface area contributed by atoms with Crippen LogP contribution >= 0.6 is 0 Å². The Balaban J connectivity index is 1.82. The fraction of sp³-hybridized carbons (Fsp3) is 0.115. The number of methoxy groups -OCH3 is 1. The number of benzene rings is 2. The zero-order valence-corrected chi connectivity index (χ0v) is 18.5. The number of nitrogen functional groups attached to an aromatic ring is 1. The molecule has 0 fully saturated rings. The summed E-state index contributed by atoms with van der Waals surface area (Å²) in [6, 6.07) is 16.4. The Morgan fingerprint density at radius 1 is 1.21 bits per heavy atom. The molecule has 3 heterocycles. The second kappa shape index (κ2) is 8.30. The van der Waals surface area contributed by atoms with Crippen molar-refractivity contribution in [1.29, 1.82) is 5.26 Å². The highest BCUT2D eigenvalue weighted by Gasteiger charge is 2.36. The largest absolute Gasteiger partial charge is 0.496 e. The molecule has 8 heteroatoms. The highest BCUT2D eigenvalue weighted by atomic mass is 16.5. The summed E-state index contributed by atoms with van der Waals surface area (Å²) in [6.45, 7) is 0. The fourth-order valence-corrected chi connectivity index (χ4v) is 4.29. The number of rotatable bonds is 4. The maximum Gasteiger partial charge on any atom is 0.344 e. The number of aromatic nitrogens is 1. The number of nitrogens with one attached hydrogen (secondary N) is 1. The van der Waals surface area contributed by atoms with Crippen LogP contribution in [-0.2, 0) is 0 Å². The van der Waals surface area contributed by atoms with Crippen molar-refractivity contribution in [3.05, 3.63) is 93.9 Å². The van der Waals surface area contributed by atoms with Gasteiger partial charge in [0.2, 0.25) is 5.88 Å². The van der Waals surface area contributed by atoms with E-state index in [2.05, 4.69) is 16.4 Å². The van der Waals surface area contributed by atoms with Gasteiger partial charge in [-0.15, -0.1) is 0 Å².